The summed E-state index contributed by atoms with van der Waals surface area (Å²) in [5, 5.41) is 4.08. The van der Waals surface area contributed by atoms with Crippen molar-refractivity contribution in [3.63, 3.8) is 0 Å². The Morgan fingerprint density at radius 3 is 2.97 bits per heavy atom. The van der Waals surface area contributed by atoms with E-state index in [9.17, 15) is 4.79 Å². The highest BCUT2D eigenvalue weighted by atomic mass is 16.5. The second kappa shape index (κ2) is 7.15. The van der Waals surface area contributed by atoms with Gasteiger partial charge in [0.2, 0.25) is 5.89 Å². The van der Waals surface area contributed by atoms with Crippen LogP contribution >= 0.6 is 0 Å². The van der Waals surface area contributed by atoms with Crippen LogP contribution in [0.3, 0.4) is 0 Å². The molecule has 0 unspecified atom stereocenters. The van der Waals surface area contributed by atoms with Gasteiger partial charge in [0.25, 0.3) is 5.56 Å². The van der Waals surface area contributed by atoms with Gasteiger partial charge < -0.3 is 13.8 Å². The average Bonchev–Trinajstić information content (AvgIpc) is 3.33. The summed E-state index contributed by atoms with van der Waals surface area (Å²) in [4.78, 5) is 25.4. The normalized spacial score (nSPS) is 18.1. The van der Waals surface area contributed by atoms with Gasteiger partial charge in [-0.1, -0.05) is 17.1 Å². The zero-order valence-corrected chi connectivity index (χ0v) is 16.2. The summed E-state index contributed by atoms with van der Waals surface area (Å²) < 4.78 is 14.4. The standard InChI is InChI=1S/C21H18N6O3/c1-3-13-5-4-6-15(7-13)29-16-8-14(9-16)19-24-17(30-25-19)10-27-12-23-20-18(21(27)28)26(2)11-22-20/h1,4-7,11-12,14,16H,8-10H2,2H3. The number of fused-ring (bicyclic) bond motifs is 1. The lowest BCUT2D eigenvalue weighted by Crippen LogP contribution is -2.32. The van der Waals surface area contributed by atoms with Crippen LogP contribution in [0.4, 0.5) is 0 Å². The first-order valence-corrected chi connectivity index (χ1v) is 9.53. The van der Waals surface area contributed by atoms with Gasteiger partial charge in [-0.05, 0) is 31.0 Å². The molecule has 0 N–H and O–H groups in total. The molecule has 0 aliphatic heterocycles. The van der Waals surface area contributed by atoms with Crippen molar-refractivity contribution < 1.29 is 9.26 Å². The van der Waals surface area contributed by atoms with E-state index >= 15 is 0 Å². The van der Waals surface area contributed by atoms with E-state index in [0.29, 0.717) is 22.9 Å². The van der Waals surface area contributed by atoms with Gasteiger partial charge in [-0.2, -0.15) is 4.98 Å². The molecule has 0 atom stereocenters. The fraction of sp³-hybridized carbons (Fsp3) is 0.286. The predicted molar refractivity (Wildman–Crippen MR) is 107 cm³/mol. The molecule has 1 aliphatic carbocycles. The molecule has 4 aromatic rings. The Labute approximate surface area is 171 Å². The first-order chi connectivity index (χ1) is 14.6. The third kappa shape index (κ3) is 3.22. The van der Waals surface area contributed by atoms with Crippen LogP contribution in [0.15, 0.2) is 46.2 Å². The van der Waals surface area contributed by atoms with Crippen molar-refractivity contribution in [1.29, 1.82) is 0 Å². The van der Waals surface area contributed by atoms with Gasteiger partial charge in [-0.3, -0.25) is 9.36 Å². The maximum Gasteiger partial charge on any atom is 0.280 e. The Bertz CT molecular complexity index is 1320. The van der Waals surface area contributed by atoms with Crippen LogP contribution in [0.2, 0.25) is 0 Å². The monoisotopic (exact) mass is 402 g/mol. The molecular weight excluding hydrogens is 384 g/mol. The van der Waals surface area contributed by atoms with Gasteiger partial charge in [0.1, 0.15) is 24.7 Å². The van der Waals surface area contributed by atoms with Crippen LogP contribution in [0.25, 0.3) is 11.2 Å². The Balaban J connectivity index is 1.24. The topological polar surface area (TPSA) is 101 Å². The molecule has 0 spiro atoms. The van der Waals surface area contributed by atoms with Crippen LogP contribution in [-0.4, -0.2) is 35.3 Å². The van der Waals surface area contributed by atoms with Gasteiger partial charge in [0.15, 0.2) is 17.0 Å². The Hall–Kier alpha value is -3.93. The van der Waals surface area contributed by atoms with Crippen LogP contribution in [0.1, 0.15) is 36.0 Å². The Kier molecular flexibility index (Phi) is 4.32. The second-order valence-electron chi connectivity index (χ2n) is 7.33. The number of nitrogens with zero attached hydrogens (tertiary/aromatic N) is 6. The molecule has 3 heterocycles. The molecule has 1 fully saturated rings. The van der Waals surface area contributed by atoms with E-state index < -0.39 is 0 Å². The number of terminal acetylenes is 1. The zero-order chi connectivity index (χ0) is 20.7. The smallest absolute Gasteiger partial charge is 0.280 e. The molecule has 3 aromatic heterocycles. The highest BCUT2D eigenvalue weighted by molar-refractivity contribution is 5.68. The number of ether oxygens (including phenoxy) is 1. The summed E-state index contributed by atoms with van der Waals surface area (Å²) in [7, 11) is 1.76. The quantitative estimate of drug-likeness (QED) is 0.470. The summed E-state index contributed by atoms with van der Waals surface area (Å²) in [5.41, 5.74) is 1.44. The maximum atomic E-state index is 12.6. The van der Waals surface area contributed by atoms with E-state index in [1.54, 1.807) is 17.9 Å². The van der Waals surface area contributed by atoms with E-state index in [1.165, 1.54) is 10.9 Å². The van der Waals surface area contributed by atoms with Crippen molar-refractivity contribution in [3.8, 4) is 18.1 Å². The lowest BCUT2D eigenvalue weighted by atomic mass is 9.81. The third-order valence-electron chi connectivity index (χ3n) is 5.25. The minimum absolute atomic E-state index is 0.0871. The number of hydrogen-bond acceptors (Lipinski definition) is 7. The minimum atomic E-state index is -0.203. The molecule has 9 nitrogen and oxygen atoms in total. The molecule has 30 heavy (non-hydrogen) atoms. The van der Waals surface area contributed by atoms with Crippen molar-refractivity contribution in [2.24, 2.45) is 7.05 Å². The minimum Gasteiger partial charge on any atom is -0.490 e. The first kappa shape index (κ1) is 18.1. The van der Waals surface area contributed by atoms with Crippen LogP contribution in [0, 0.1) is 12.3 Å². The van der Waals surface area contributed by atoms with E-state index in [1.807, 2.05) is 24.3 Å². The van der Waals surface area contributed by atoms with Gasteiger partial charge in [0, 0.05) is 18.5 Å². The van der Waals surface area contributed by atoms with Crippen molar-refractivity contribution in [1.82, 2.24) is 29.2 Å². The summed E-state index contributed by atoms with van der Waals surface area (Å²) in [5.74, 6) is 4.52. The van der Waals surface area contributed by atoms with Crippen LogP contribution in [0.5, 0.6) is 5.75 Å². The highest BCUT2D eigenvalue weighted by Crippen LogP contribution is 2.37. The van der Waals surface area contributed by atoms with Crippen molar-refractivity contribution in [2.75, 3.05) is 0 Å². The van der Waals surface area contributed by atoms with Gasteiger partial charge in [0.05, 0.1) is 6.33 Å². The number of rotatable bonds is 5. The van der Waals surface area contributed by atoms with Crippen molar-refractivity contribution in [3.05, 3.63) is 64.6 Å². The fourth-order valence-electron chi connectivity index (χ4n) is 3.55. The molecular formula is C21H18N6O3. The van der Waals surface area contributed by atoms with Crippen LogP contribution < -0.4 is 10.3 Å². The van der Waals surface area contributed by atoms with Gasteiger partial charge in [-0.15, -0.1) is 6.42 Å². The van der Waals surface area contributed by atoms with E-state index in [0.717, 1.165) is 24.2 Å². The zero-order valence-electron chi connectivity index (χ0n) is 16.2. The van der Waals surface area contributed by atoms with Gasteiger partial charge in [-0.25, -0.2) is 9.97 Å². The maximum absolute atomic E-state index is 12.6. The molecule has 5 rings (SSSR count). The molecule has 9 heteroatoms. The molecule has 0 amide bonds. The molecule has 1 saturated carbocycles. The lowest BCUT2D eigenvalue weighted by Gasteiger charge is -2.33. The summed E-state index contributed by atoms with van der Waals surface area (Å²) in [6.45, 7) is 0.158. The number of aryl methyl sites for hydroxylation is 1. The molecule has 0 radical (unpaired) electrons. The lowest BCUT2D eigenvalue weighted by molar-refractivity contribution is 0.0943. The fourth-order valence-corrected chi connectivity index (χ4v) is 3.55. The summed E-state index contributed by atoms with van der Waals surface area (Å²) in [6.07, 6.45) is 10.1. The van der Waals surface area contributed by atoms with E-state index in [4.69, 9.17) is 15.7 Å². The molecule has 0 bridgehead atoms. The number of imidazole rings is 1. The van der Waals surface area contributed by atoms with Crippen LogP contribution in [-0.2, 0) is 13.6 Å². The SMILES string of the molecule is C#Cc1cccc(OC2CC(c3noc(Cn4cnc5ncn(C)c5c4=O)n3)C2)c1. The molecule has 1 aromatic carbocycles. The summed E-state index contributed by atoms with van der Waals surface area (Å²) in [6, 6.07) is 7.49. The first-order valence-electron chi connectivity index (χ1n) is 9.53. The number of hydrogen-bond donors (Lipinski definition) is 0. The molecule has 1 aliphatic rings. The second-order valence-corrected chi connectivity index (χ2v) is 7.33. The number of aromatic nitrogens is 6. The van der Waals surface area contributed by atoms with Crippen molar-refractivity contribution in [2.45, 2.75) is 31.4 Å². The largest absolute Gasteiger partial charge is 0.490 e. The van der Waals surface area contributed by atoms with E-state index in [-0.39, 0.29) is 24.1 Å². The average molecular weight is 402 g/mol. The Morgan fingerprint density at radius 2 is 2.13 bits per heavy atom. The predicted octanol–water partition coefficient (Wildman–Crippen LogP) is 1.87. The highest BCUT2D eigenvalue weighted by Gasteiger charge is 2.35. The third-order valence-corrected chi connectivity index (χ3v) is 5.25. The molecule has 0 saturated heterocycles. The number of benzene rings is 1. The van der Waals surface area contributed by atoms with E-state index in [2.05, 4.69) is 26.0 Å². The van der Waals surface area contributed by atoms with Gasteiger partial charge >= 0.3 is 0 Å². The molecule has 150 valence electrons. The van der Waals surface area contributed by atoms with Crippen molar-refractivity contribution >= 4 is 11.2 Å². The Morgan fingerprint density at radius 1 is 1.30 bits per heavy atom. The summed E-state index contributed by atoms with van der Waals surface area (Å²) >= 11 is 0.